The Kier molecular flexibility index (Phi) is 4.90. The number of hydrogen-bond acceptors (Lipinski definition) is 5. The summed E-state index contributed by atoms with van der Waals surface area (Å²) in [5.74, 6) is 0.732. The van der Waals surface area contributed by atoms with E-state index in [0.29, 0.717) is 6.54 Å². The quantitative estimate of drug-likeness (QED) is 0.712. The van der Waals surface area contributed by atoms with Crippen molar-refractivity contribution >= 4 is 5.65 Å². The molecule has 1 aliphatic rings. The Morgan fingerprint density at radius 3 is 2.70 bits per heavy atom. The first-order chi connectivity index (χ1) is 13.1. The van der Waals surface area contributed by atoms with Gasteiger partial charge in [-0.3, -0.25) is 14.1 Å². The summed E-state index contributed by atoms with van der Waals surface area (Å²) in [5.41, 5.74) is 3.62. The molecular formula is C21H24N4O2. The van der Waals surface area contributed by atoms with E-state index in [9.17, 15) is 4.79 Å². The first-order valence-corrected chi connectivity index (χ1v) is 9.39. The van der Waals surface area contributed by atoms with E-state index >= 15 is 0 Å². The lowest BCUT2D eigenvalue weighted by Gasteiger charge is -2.31. The van der Waals surface area contributed by atoms with Crippen molar-refractivity contribution in [3.05, 3.63) is 69.9 Å². The Balaban J connectivity index is 1.41. The van der Waals surface area contributed by atoms with Gasteiger partial charge < -0.3 is 4.74 Å². The van der Waals surface area contributed by atoms with Crippen LogP contribution in [0, 0.1) is 13.8 Å². The number of likely N-dealkylation sites (tertiary alicyclic amines) is 1. The van der Waals surface area contributed by atoms with Gasteiger partial charge >= 0.3 is 0 Å². The Hall–Kier alpha value is -2.73. The van der Waals surface area contributed by atoms with Gasteiger partial charge in [0.2, 0.25) is 5.88 Å². The smallest absolute Gasteiger partial charge is 0.258 e. The van der Waals surface area contributed by atoms with Crippen molar-refractivity contribution in [1.29, 1.82) is 0 Å². The van der Waals surface area contributed by atoms with Crippen LogP contribution in [0.25, 0.3) is 5.65 Å². The highest BCUT2D eigenvalue weighted by Crippen LogP contribution is 2.20. The summed E-state index contributed by atoms with van der Waals surface area (Å²) in [6, 6.07) is 9.44. The van der Waals surface area contributed by atoms with Crippen LogP contribution in [0.4, 0.5) is 0 Å². The molecule has 0 aliphatic carbocycles. The Morgan fingerprint density at radius 2 is 1.93 bits per heavy atom. The van der Waals surface area contributed by atoms with E-state index in [2.05, 4.69) is 9.88 Å². The van der Waals surface area contributed by atoms with Crippen LogP contribution in [0.2, 0.25) is 0 Å². The minimum atomic E-state index is -0.0254. The minimum Gasteiger partial charge on any atom is -0.474 e. The molecule has 1 aliphatic heterocycles. The van der Waals surface area contributed by atoms with Crippen LogP contribution in [0.15, 0.2) is 47.5 Å². The average molecular weight is 364 g/mol. The number of aromatic nitrogens is 3. The molecule has 0 amide bonds. The Morgan fingerprint density at radius 1 is 1.15 bits per heavy atom. The molecule has 0 saturated carbocycles. The van der Waals surface area contributed by atoms with Gasteiger partial charge in [0.05, 0.1) is 5.69 Å². The number of piperidine rings is 1. The fraction of sp³-hybridized carbons (Fsp3) is 0.381. The summed E-state index contributed by atoms with van der Waals surface area (Å²) in [4.78, 5) is 23.7. The zero-order chi connectivity index (χ0) is 18.8. The molecule has 4 heterocycles. The van der Waals surface area contributed by atoms with E-state index in [1.807, 2.05) is 38.1 Å². The molecule has 0 atom stereocenters. The molecule has 140 valence electrons. The van der Waals surface area contributed by atoms with Crippen molar-refractivity contribution in [3.63, 3.8) is 0 Å². The molecule has 1 fully saturated rings. The third-order valence-corrected chi connectivity index (χ3v) is 5.10. The van der Waals surface area contributed by atoms with Gasteiger partial charge in [-0.2, -0.15) is 0 Å². The van der Waals surface area contributed by atoms with Crippen molar-refractivity contribution in [2.45, 2.75) is 39.3 Å². The van der Waals surface area contributed by atoms with Gasteiger partial charge in [0.25, 0.3) is 5.56 Å². The molecule has 0 radical (unpaired) electrons. The fourth-order valence-corrected chi connectivity index (χ4v) is 3.56. The molecule has 0 unspecified atom stereocenters. The summed E-state index contributed by atoms with van der Waals surface area (Å²) in [6.45, 7) is 6.53. The maximum absolute atomic E-state index is 12.4. The van der Waals surface area contributed by atoms with E-state index in [0.717, 1.165) is 54.3 Å². The first-order valence-electron chi connectivity index (χ1n) is 9.39. The first kappa shape index (κ1) is 17.7. The fourth-order valence-electron chi connectivity index (χ4n) is 3.56. The van der Waals surface area contributed by atoms with E-state index in [1.165, 1.54) is 0 Å². The Bertz CT molecular complexity index is 1010. The normalized spacial score (nSPS) is 15.9. The number of nitrogens with zero attached hydrogens (tertiary/aromatic N) is 4. The highest BCUT2D eigenvalue weighted by atomic mass is 16.5. The van der Waals surface area contributed by atoms with Gasteiger partial charge in [-0.15, -0.1) is 0 Å². The summed E-state index contributed by atoms with van der Waals surface area (Å²) < 4.78 is 7.68. The predicted octanol–water partition coefficient (Wildman–Crippen LogP) is 2.75. The summed E-state index contributed by atoms with van der Waals surface area (Å²) in [5, 5.41) is 0. The van der Waals surface area contributed by atoms with Crippen LogP contribution in [0.3, 0.4) is 0 Å². The number of hydrogen-bond donors (Lipinski definition) is 0. The van der Waals surface area contributed by atoms with Crippen molar-refractivity contribution in [2.24, 2.45) is 0 Å². The van der Waals surface area contributed by atoms with E-state index in [-0.39, 0.29) is 11.7 Å². The second-order valence-corrected chi connectivity index (χ2v) is 7.19. The maximum Gasteiger partial charge on any atom is 0.258 e. The lowest BCUT2D eigenvalue weighted by Crippen LogP contribution is -2.38. The lowest BCUT2D eigenvalue weighted by molar-refractivity contribution is 0.0920. The molecule has 0 N–H and O–H groups in total. The van der Waals surface area contributed by atoms with Crippen LogP contribution < -0.4 is 10.3 Å². The zero-order valence-corrected chi connectivity index (χ0v) is 15.8. The molecule has 3 aromatic heterocycles. The highest BCUT2D eigenvalue weighted by Gasteiger charge is 2.22. The molecule has 6 heteroatoms. The topological polar surface area (TPSA) is 59.7 Å². The summed E-state index contributed by atoms with van der Waals surface area (Å²) in [6.07, 6.45) is 5.61. The standard InChI is InChI=1S/C21H24N4O2/c1-15-6-4-10-25-19(26)13-17(23-20(15)25)14-24-11-7-18(8-12-24)27-21-16(2)5-3-9-22-21/h3-6,9-10,13,18H,7-8,11-12,14H2,1-2H3. The van der Waals surface area contributed by atoms with Crippen molar-refractivity contribution < 1.29 is 4.74 Å². The third kappa shape index (κ3) is 3.85. The molecular weight excluding hydrogens is 340 g/mol. The number of fused-ring (bicyclic) bond motifs is 1. The molecule has 0 spiro atoms. The monoisotopic (exact) mass is 364 g/mol. The van der Waals surface area contributed by atoms with Crippen LogP contribution >= 0.6 is 0 Å². The molecule has 0 aromatic carbocycles. The molecule has 1 saturated heterocycles. The highest BCUT2D eigenvalue weighted by molar-refractivity contribution is 5.46. The van der Waals surface area contributed by atoms with Crippen molar-refractivity contribution in [3.8, 4) is 5.88 Å². The van der Waals surface area contributed by atoms with Crippen molar-refractivity contribution in [1.82, 2.24) is 19.3 Å². The number of rotatable bonds is 4. The van der Waals surface area contributed by atoms with Gasteiger partial charge in [0, 0.05) is 43.7 Å². The van der Waals surface area contributed by atoms with E-state index in [4.69, 9.17) is 9.72 Å². The van der Waals surface area contributed by atoms with Crippen LogP contribution in [-0.4, -0.2) is 38.5 Å². The number of pyridine rings is 2. The lowest BCUT2D eigenvalue weighted by atomic mass is 10.1. The van der Waals surface area contributed by atoms with Gasteiger partial charge in [0.1, 0.15) is 11.8 Å². The molecule has 27 heavy (non-hydrogen) atoms. The molecule has 0 bridgehead atoms. The van der Waals surface area contributed by atoms with Gasteiger partial charge in [0.15, 0.2) is 0 Å². The van der Waals surface area contributed by atoms with E-state index in [1.54, 1.807) is 22.9 Å². The predicted molar refractivity (Wildman–Crippen MR) is 104 cm³/mol. The summed E-state index contributed by atoms with van der Waals surface area (Å²) >= 11 is 0. The Labute approximate surface area is 158 Å². The third-order valence-electron chi connectivity index (χ3n) is 5.10. The van der Waals surface area contributed by atoms with Gasteiger partial charge in [-0.25, -0.2) is 9.97 Å². The van der Waals surface area contributed by atoms with Gasteiger partial charge in [-0.1, -0.05) is 12.1 Å². The molecule has 4 rings (SSSR count). The largest absolute Gasteiger partial charge is 0.474 e. The number of aryl methyl sites for hydroxylation is 2. The average Bonchev–Trinajstić information content (AvgIpc) is 2.66. The molecule has 3 aromatic rings. The van der Waals surface area contributed by atoms with Crippen LogP contribution in [-0.2, 0) is 6.54 Å². The number of ether oxygens (including phenoxy) is 1. The minimum absolute atomic E-state index is 0.0254. The SMILES string of the molecule is Cc1cccnc1OC1CCN(Cc2cc(=O)n3cccc(C)c3n2)CC1. The zero-order valence-electron chi connectivity index (χ0n) is 15.8. The van der Waals surface area contributed by atoms with Crippen LogP contribution in [0.1, 0.15) is 29.7 Å². The van der Waals surface area contributed by atoms with E-state index < -0.39 is 0 Å². The summed E-state index contributed by atoms with van der Waals surface area (Å²) in [7, 11) is 0. The molecule has 6 nitrogen and oxygen atoms in total. The van der Waals surface area contributed by atoms with Crippen molar-refractivity contribution in [2.75, 3.05) is 13.1 Å². The van der Waals surface area contributed by atoms with Crippen LogP contribution in [0.5, 0.6) is 5.88 Å². The van der Waals surface area contributed by atoms with Gasteiger partial charge in [-0.05, 0) is 44.4 Å². The second-order valence-electron chi connectivity index (χ2n) is 7.19. The maximum atomic E-state index is 12.4. The second kappa shape index (κ2) is 7.48.